The van der Waals surface area contributed by atoms with Gasteiger partial charge in [0.05, 0.1) is 0 Å². The first-order chi connectivity index (χ1) is 7.09. The number of hydrogen-bond donors (Lipinski definition) is 1. The summed E-state index contributed by atoms with van der Waals surface area (Å²) in [5, 5.41) is 8.82. The SMILES string of the molecule is NS(=O)(=O)c1cccnc1-n1cncn1. The van der Waals surface area contributed by atoms with Crippen LogP contribution < -0.4 is 5.14 Å². The molecule has 2 aromatic heterocycles. The average molecular weight is 225 g/mol. The lowest BCUT2D eigenvalue weighted by atomic mass is 10.5. The Morgan fingerprint density at radius 2 is 2.20 bits per heavy atom. The van der Waals surface area contributed by atoms with Crippen LogP contribution >= 0.6 is 0 Å². The van der Waals surface area contributed by atoms with Crippen molar-refractivity contribution in [2.75, 3.05) is 0 Å². The van der Waals surface area contributed by atoms with E-state index in [1.165, 1.54) is 35.7 Å². The molecule has 0 saturated heterocycles. The molecular weight excluding hydrogens is 218 g/mol. The molecule has 2 N–H and O–H groups in total. The van der Waals surface area contributed by atoms with Crippen LogP contribution in [-0.4, -0.2) is 28.2 Å². The van der Waals surface area contributed by atoms with Gasteiger partial charge in [0.25, 0.3) is 0 Å². The Kier molecular flexibility index (Phi) is 2.21. The van der Waals surface area contributed by atoms with Crippen molar-refractivity contribution in [2.45, 2.75) is 4.90 Å². The van der Waals surface area contributed by atoms with Crippen LogP contribution in [0.4, 0.5) is 0 Å². The third-order valence-corrected chi connectivity index (χ3v) is 2.62. The van der Waals surface area contributed by atoms with Gasteiger partial charge in [0, 0.05) is 6.20 Å². The topological polar surface area (TPSA) is 104 Å². The predicted molar refractivity (Wildman–Crippen MR) is 50.5 cm³/mol. The van der Waals surface area contributed by atoms with Crippen molar-refractivity contribution < 1.29 is 8.42 Å². The molecule has 15 heavy (non-hydrogen) atoms. The molecule has 0 aliphatic heterocycles. The van der Waals surface area contributed by atoms with Crippen molar-refractivity contribution in [3.8, 4) is 5.82 Å². The van der Waals surface area contributed by atoms with E-state index in [1.807, 2.05) is 0 Å². The molecule has 0 amide bonds. The molecule has 8 heteroatoms. The van der Waals surface area contributed by atoms with E-state index in [9.17, 15) is 8.42 Å². The van der Waals surface area contributed by atoms with Gasteiger partial charge in [-0.1, -0.05) is 0 Å². The number of primary sulfonamides is 1. The second-order valence-electron chi connectivity index (χ2n) is 2.71. The Balaban J connectivity index is 2.68. The highest BCUT2D eigenvalue weighted by atomic mass is 32.2. The summed E-state index contributed by atoms with van der Waals surface area (Å²) in [4.78, 5) is 7.50. The molecule has 0 aliphatic rings. The van der Waals surface area contributed by atoms with Crippen LogP contribution in [-0.2, 0) is 10.0 Å². The quantitative estimate of drug-likeness (QED) is 0.728. The summed E-state index contributed by atoms with van der Waals surface area (Å²) in [6, 6.07) is 2.85. The fourth-order valence-corrected chi connectivity index (χ4v) is 1.76. The highest BCUT2D eigenvalue weighted by Gasteiger charge is 2.16. The Labute approximate surface area is 85.6 Å². The normalized spacial score (nSPS) is 11.5. The first kappa shape index (κ1) is 9.74. The fraction of sp³-hybridized carbons (Fsp3) is 0. The largest absolute Gasteiger partial charge is 0.241 e. The number of nitrogens with two attached hydrogens (primary N) is 1. The molecule has 0 saturated carbocycles. The lowest BCUT2D eigenvalue weighted by molar-refractivity contribution is 0.596. The van der Waals surface area contributed by atoms with Gasteiger partial charge in [0.1, 0.15) is 17.6 Å². The van der Waals surface area contributed by atoms with Gasteiger partial charge in [0.2, 0.25) is 10.0 Å². The van der Waals surface area contributed by atoms with Crippen LogP contribution in [0.5, 0.6) is 0 Å². The summed E-state index contributed by atoms with van der Waals surface area (Å²) >= 11 is 0. The minimum atomic E-state index is -3.81. The van der Waals surface area contributed by atoms with Crippen molar-refractivity contribution in [1.82, 2.24) is 19.7 Å². The van der Waals surface area contributed by atoms with Crippen molar-refractivity contribution in [3.63, 3.8) is 0 Å². The molecule has 78 valence electrons. The fourth-order valence-electron chi connectivity index (χ4n) is 1.09. The molecular formula is C7H7N5O2S. The van der Waals surface area contributed by atoms with E-state index in [-0.39, 0.29) is 10.7 Å². The van der Waals surface area contributed by atoms with Gasteiger partial charge in [-0.2, -0.15) is 5.10 Å². The maximum absolute atomic E-state index is 11.2. The van der Waals surface area contributed by atoms with Crippen molar-refractivity contribution in [3.05, 3.63) is 31.0 Å². The van der Waals surface area contributed by atoms with Crippen LogP contribution in [0, 0.1) is 0 Å². The zero-order chi connectivity index (χ0) is 10.9. The second kappa shape index (κ2) is 3.41. The number of sulfonamides is 1. The Hall–Kier alpha value is -1.80. The molecule has 2 heterocycles. The molecule has 0 bridgehead atoms. The van der Waals surface area contributed by atoms with E-state index in [1.54, 1.807) is 0 Å². The van der Waals surface area contributed by atoms with Crippen molar-refractivity contribution in [1.29, 1.82) is 0 Å². The average Bonchev–Trinajstić information content (AvgIpc) is 2.69. The molecule has 0 aromatic carbocycles. The van der Waals surface area contributed by atoms with E-state index < -0.39 is 10.0 Å². The van der Waals surface area contributed by atoms with Gasteiger partial charge in [-0.05, 0) is 12.1 Å². The third-order valence-electron chi connectivity index (χ3n) is 1.69. The standard InChI is InChI=1S/C7H7N5O2S/c8-15(13,14)6-2-1-3-10-7(6)12-5-9-4-11-12/h1-5H,(H2,8,13,14). The number of aromatic nitrogens is 4. The van der Waals surface area contributed by atoms with Crippen LogP contribution in [0.25, 0.3) is 5.82 Å². The summed E-state index contributed by atoms with van der Waals surface area (Å²) in [6.07, 6.45) is 4.07. The van der Waals surface area contributed by atoms with E-state index >= 15 is 0 Å². The van der Waals surface area contributed by atoms with E-state index in [0.717, 1.165) is 0 Å². The minimum absolute atomic E-state index is 0.0875. The first-order valence-electron chi connectivity index (χ1n) is 3.92. The highest BCUT2D eigenvalue weighted by molar-refractivity contribution is 7.89. The maximum atomic E-state index is 11.2. The van der Waals surface area contributed by atoms with Gasteiger partial charge in [-0.25, -0.2) is 28.2 Å². The Bertz CT molecular complexity index is 563. The highest BCUT2D eigenvalue weighted by Crippen LogP contribution is 2.13. The number of rotatable bonds is 2. The molecule has 0 spiro atoms. The van der Waals surface area contributed by atoms with Crippen LogP contribution in [0.1, 0.15) is 0 Å². The summed E-state index contributed by atoms with van der Waals surface area (Å²) < 4.78 is 23.7. The number of pyridine rings is 1. The summed E-state index contributed by atoms with van der Waals surface area (Å²) in [7, 11) is -3.81. The van der Waals surface area contributed by atoms with Crippen LogP contribution in [0.15, 0.2) is 35.9 Å². The first-order valence-corrected chi connectivity index (χ1v) is 5.46. The number of nitrogens with zero attached hydrogens (tertiary/aromatic N) is 4. The lowest BCUT2D eigenvalue weighted by Gasteiger charge is -2.04. The summed E-state index contributed by atoms with van der Waals surface area (Å²) in [5.41, 5.74) is 0. The van der Waals surface area contributed by atoms with Gasteiger partial charge in [0.15, 0.2) is 5.82 Å². The molecule has 2 rings (SSSR count). The molecule has 2 aromatic rings. The summed E-state index contributed by atoms with van der Waals surface area (Å²) in [5.74, 6) is 0.137. The molecule has 0 radical (unpaired) electrons. The predicted octanol–water partition coefficient (Wildman–Crippen LogP) is -0.690. The van der Waals surface area contributed by atoms with Crippen LogP contribution in [0.3, 0.4) is 0 Å². The molecule has 0 aliphatic carbocycles. The molecule has 7 nitrogen and oxygen atoms in total. The van der Waals surface area contributed by atoms with Gasteiger partial charge in [-0.15, -0.1) is 0 Å². The van der Waals surface area contributed by atoms with E-state index in [0.29, 0.717) is 0 Å². The second-order valence-corrected chi connectivity index (χ2v) is 4.24. The Morgan fingerprint density at radius 1 is 1.40 bits per heavy atom. The minimum Gasteiger partial charge on any atom is -0.236 e. The van der Waals surface area contributed by atoms with Crippen molar-refractivity contribution in [2.24, 2.45) is 5.14 Å². The van der Waals surface area contributed by atoms with Gasteiger partial charge >= 0.3 is 0 Å². The number of hydrogen-bond acceptors (Lipinski definition) is 5. The van der Waals surface area contributed by atoms with Gasteiger partial charge in [-0.3, -0.25) is 0 Å². The van der Waals surface area contributed by atoms with Crippen LogP contribution in [0.2, 0.25) is 0 Å². The van der Waals surface area contributed by atoms with Crippen molar-refractivity contribution >= 4 is 10.0 Å². The molecule has 0 atom stereocenters. The third kappa shape index (κ3) is 1.85. The molecule has 0 fully saturated rings. The zero-order valence-corrected chi connectivity index (χ0v) is 8.29. The molecule has 0 unspecified atom stereocenters. The lowest BCUT2D eigenvalue weighted by Crippen LogP contribution is -2.16. The summed E-state index contributed by atoms with van der Waals surface area (Å²) in [6.45, 7) is 0. The van der Waals surface area contributed by atoms with E-state index in [4.69, 9.17) is 5.14 Å². The van der Waals surface area contributed by atoms with E-state index in [2.05, 4.69) is 15.1 Å². The zero-order valence-electron chi connectivity index (χ0n) is 7.48. The maximum Gasteiger partial charge on any atom is 0.241 e. The Morgan fingerprint density at radius 3 is 2.80 bits per heavy atom. The monoisotopic (exact) mass is 225 g/mol. The van der Waals surface area contributed by atoms with Gasteiger partial charge < -0.3 is 0 Å². The smallest absolute Gasteiger partial charge is 0.236 e.